The Morgan fingerprint density at radius 2 is 1.86 bits per heavy atom. The van der Waals surface area contributed by atoms with Crippen molar-refractivity contribution in [2.24, 2.45) is 0 Å². The van der Waals surface area contributed by atoms with Gasteiger partial charge in [-0.25, -0.2) is 9.50 Å². The van der Waals surface area contributed by atoms with Crippen LogP contribution in [0.4, 0.5) is 0 Å². The molecule has 4 nitrogen and oxygen atoms in total. The SMILES string of the molecule is N#Cc1cnn2ccc(-c3ccc4ccccc4c3)nc12. The maximum absolute atomic E-state index is 9.08. The topological polar surface area (TPSA) is 54.0 Å². The normalized spacial score (nSPS) is 10.8. The average molecular weight is 270 g/mol. The molecular weight excluding hydrogens is 260 g/mol. The van der Waals surface area contributed by atoms with Gasteiger partial charge in [-0.1, -0.05) is 36.4 Å². The third-order valence-corrected chi connectivity index (χ3v) is 3.53. The smallest absolute Gasteiger partial charge is 0.173 e. The van der Waals surface area contributed by atoms with E-state index >= 15 is 0 Å². The second kappa shape index (κ2) is 4.43. The third-order valence-electron chi connectivity index (χ3n) is 3.53. The van der Waals surface area contributed by atoms with Crippen LogP contribution in [0, 0.1) is 11.3 Å². The van der Waals surface area contributed by atoms with Crippen molar-refractivity contribution in [2.45, 2.75) is 0 Å². The van der Waals surface area contributed by atoms with Gasteiger partial charge >= 0.3 is 0 Å². The molecule has 0 saturated heterocycles. The molecule has 0 amide bonds. The molecular formula is C17H10N4. The van der Waals surface area contributed by atoms with Crippen molar-refractivity contribution >= 4 is 16.4 Å². The van der Waals surface area contributed by atoms with Gasteiger partial charge in [0.15, 0.2) is 5.65 Å². The Balaban J connectivity index is 1.93. The fourth-order valence-electron chi connectivity index (χ4n) is 2.46. The molecule has 2 aromatic carbocycles. The van der Waals surface area contributed by atoms with Crippen molar-refractivity contribution in [3.63, 3.8) is 0 Å². The highest BCUT2D eigenvalue weighted by Crippen LogP contribution is 2.23. The van der Waals surface area contributed by atoms with E-state index in [1.54, 1.807) is 4.52 Å². The maximum Gasteiger partial charge on any atom is 0.173 e. The van der Waals surface area contributed by atoms with Crippen LogP contribution in [-0.2, 0) is 0 Å². The lowest BCUT2D eigenvalue weighted by molar-refractivity contribution is 0.941. The molecule has 0 N–H and O–H groups in total. The van der Waals surface area contributed by atoms with Crippen LogP contribution < -0.4 is 0 Å². The molecule has 4 rings (SSSR count). The molecule has 0 radical (unpaired) electrons. The monoisotopic (exact) mass is 270 g/mol. The largest absolute Gasteiger partial charge is 0.227 e. The molecule has 2 aromatic heterocycles. The number of rotatable bonds is 1. The Kier molecular flexibility index (Phi) is 2.45. The fourth-order valence-corrected chi connectivity index (χ4v) is 2.46. The van der Waals surface area contributed by atoms with Gasteiger partial charge in [-0.05, 0) is 22.9 Å². The van der Waals surface area contributed by atoms with Crippen LogP contribution >= 0.6 is 0 Å². The van der Waals surface area contributed by atoms with E-state index in [9.17, 15) is 0 Å². The van der Waals surface area contributed by atoms with E-state index in [1.807, 2.05) is 30.5 Å². The molecule has 0 unspecified atom stereocenters. The van der Waals surface area contributed by atoms with Crippen molar-refractivity contribution < 1.29 is 0 Å². The molecule has 21 heavy (non-hydrogen) atoms. The summed E-state index contributed by atoms with van der Waals surface area (Å²) in [4.78, 5) is 4.56. The van der Waals surface area contributed by atoms with Crippen LogP contribution in [-0.4, -0.2) is 14.6 Å². The lowest BCUT2D eigenvalue weighted by Gasteiger charge is -2.04. The van der Waals surface area contributed by atoms with Gasteiger partial charge in [0.1, 0.15) is 11.6 Å². The minimum Gasteiger partial charge on any atom is -0.227 e. The van der Waals surface area contributed by atoms with Gasteiger partial charge in [-0.15, -0.1) is 0 Å². The van der Waals surface area contributed by atoms with Crippen molar-refractivity contribution in [3.8, 4) is 17.3 Å². The molecule has 0 bridgehead atoms. The first-order chi connectivity index (χ1) is 10.3. The second-order valence-electron chi connectivity index (χ2n) is 4.81. The van der Waals surface area contributed by atoms with E-state index in [-0.39, 0.29) is 0 Å². The Hall–Kier alpha value is -3.19. The molecule has 0 aliphatic carbocycles. The van der Waals surface area contributed by atoms with Crippen LogP contribution in [0.25, 0.3) is 27.7 Å². The number of hydrogen-bond acceptors (Lipinski definition) is 3. The number of benzene rings is 2. The zero-order valence-electron chi connectivity index (χ0n) is 11.1. The first-order valence-electron chi connectivity index (χ1n) is 6.59. The average Bonchev–Trinajstić information content (AvgIpc) is 2.96. The van der Waals surface area contributed by atoms with Gasteiger partial charge in [0, 0.05) is 11.8 Å². The number of nitrogens with zero attached hydrogens (tertiary/aromatic N) is 4. The molecule has 0 fully saturated rings. The van der Waals surface area contributed by atoms with Crippen LogP contribution in [0.5, 0.6) is 0 Å². The van der Waals surface area contributed by atoms with Gasteiger partial charge in [0.05, 0.1) is 11.9 Å². The molecule has 0 spiro atoms. The summed E-state index contributed by atoms with van der Waals surface area (Å²) in [5, 5.41) is 15.6. The summed E-state index contributed by atoms with van der Waals surface area (Å²) in [6.45, 7) is 0. The van der Waals surface area contributed by atoms with E-state index < -0.39 is 0 Å². The highest BCUT2D eigenvalue weighted by Gasteiger charge is 2.07. The van der Waals surface area contributed by atoms with Gasteiger partial charge in [-0.2, -0.15) is 10.4 Å². The molecule has 98 valence electrons. The van der Waals surface area contributed by atoms with Crippen molar-refractivity contribution in [2.75, 3.05) is 0 Å². The standard InChI is InChI=1S/C17H10N4/c18-10-15-11-19-21-8-7-16(20-17(15)21)14-6-5-12-3-1-2-4-13(12)9-14/h1-9,11H. The van der Waals surface area contributed by atoms with E-state index in [0.29, 0.717) is 11.2 Å². The molecule has 4 heteroatoms. The fraction of sp³-hybridized carbons (Fsp3) is 0. The van der Waals surface area contributed by atoms with Gasteiger partial charge in [-0.3, -0.25) is 0 Å². The number of fused-ring (bicyclic) bond motifs is 2. The quantitative estimate of drug-likeness (QED) is 0.532. The van der Waals surface area contributed by atoms with Crippen molar-refractivity contribution in [1.82, 2.24) is 14.6 Å². The van der Waals surface area contributed by atoms with E-state index in [1.165, 1.54) is 17.0 Å². The summed E-state index contributed by atoms with van der Waals surface area (Å²) in [5.74, 6) is 0. The minimum absolute atomic E-state index is 0.484. The highest BCUT2D eigenvalue weighted by molar-refractivity contribution is 5.86. The zero-order chi connectivity index (χ0) is 14.2. The summed E-state index contributed by atoms with van der Waals surface area (Å²) in [6.07, 6.45) is 3.36. The molecule has 2 heterocycles. The Morgan fingerprint density at radius 3 is 2.71 bits per heavy atom. The molecule has 0 saturated carbocycles. The number of hydrogen-bond donors (Lipinski definition) is 0. The molecule has 0 atom stereocenters. The van der Waals surface area contributed by atoms with Crippen molar-refractivity contribution in [3.05, 3.63) is 66.5 Å². The molecule has 0 aliphatic heterocycles. The first-order valence-corrected chi connectivity index (χ1v) is 6.59. The predicted octanol–water partition coefficient (Wildman–Crippen LogP) is 3.42. The third kappa shape index (κ3) is 1.84. The van der Waals surface area contributed by atoms with Crippen LogP contribution in [0.1, 0.15) is 5.56 Å². The van der Waals surface area contributed by atoms with E-state index in [2.05, 4.69) is 40.4 Å². The summed E-state index contributed by atoms with van der Waals surface area (Å²) in [6, 6.07) is 18.5. The Morgan fingerprint density at radius 1 is 1.00 bits per heavy atom. The van der Waals surface area contributed by atoms with Crippen LogP contribution in [0.3, 0.4) is 0 Å². The van der Waals surface area contributed by atoms with Gasteiger partial charge < -0.3 is 0 Å². The highest BCUT2D eigenvalue weighted by atomic mass is 15.2. The summed E-state index contributed by atoms with van der Waals surface area (Å²) in [5.41, 5.74) is 2.94. The summed E-state index contributed by atoms with van der Waals surface area (Å²) >= 11 is 0. The van der Waals surface area contributed by atoms with Crippen LogP contribution in [0.15, 0.2) is 60.9 Å². The first kappa shape index (κ1) is 11.6. The number of nitriles is 1. The van der Waals surface area contributed by atoms with E-state index in [0.717, 1.165) is 11.3 Å². The Bertz CT molecular complexity index is 1010. The van der Waals surface area contributed by atoms with Crippen LogP contribution in [0.2, 0.25) is 0 Å². The lowest BCUT2D eigenvalue weighted by atomic mass is 10.1. The minimum atomic E-state index is 0.484. The maximum atomic E-state index is 9.08. The number of aromatic nitrogens is 3. The lowest BCUT2D eigenvalue weighted by Crippen LogP contribution is -1.92. The Labute approximate surface area is 120 Å². The van der Waals surface area contributed by atoms with Gasteiger partial charge in [0.2, 0.25) is 0 Å². The summed E-state index contributed by atoms with van der Waals surface area (Å²) in [7, 11) is 0. The molecule has 0 aliphatic rings. The zero-order valence-corrected chi connectivity index (χ0v) is 11.1. The molecule has 4 aromatic rings. The van der Waals surface area contributed by atoms with Gasteiger partial charge in [0.25, 0.3) is 0 Å². The summed E-state index contributed by atoms with van der Waals surface area (Å²) < 4.78 is 1.61. The van der Waals surface area contributed by atoms with E-state index in [4.69, 9.17) is 5.26 Å². The van der Waals surface area contributed by atoms with Crippen molar-refractivity contribution in [1.29, 1.82) is 5.26 Å². The second-order valence-corrected chi connectivity index (χ2v) is 4.81. The predicted molar refractivity (Wildman–Crippen MR) is 80.6 cm³/mol.